The van der Waals surface area contributed by atoms with Gasteiger partial charge in [-0.15, -0.1) is 0 Å². The van der Waals surface area contributed by atoms with Gasteiger partial charge >= 0.3 is 0 Å². The van der Waals surface area contributed by atoms with Crippen molar-refractivity contribution in [2.75, 3.05) is 13.2 Å². The molecular formula is C15H23NO. The van der Waals surface area contributed by atoms with Crippen molar-refractivity contribution in [1.29, 1.82) is 0 Å². The molecule has 1 aromatic carbocycles. The molecule has 17 heavy (non-hydrogen) atoms. The summed E-state index contributed by atoms with van der Waals surface area (Å²) in [6.45, 7) is 8.45. The highest BCUT2D eigenvalue weighted by Crippen LogP contribution is 2.37. The highest BCUT2D eigenvalue weighted by atomic mass is 16.5. The second-order valence-corrected chi connectivity index (χ2v) is 4.93. The summed E-state index contributed by atoms with van der Waals surface area (Å²) in [5.74, 6) is 1.70. The highest BCUT2D eigenvalue weighted by Gasteiger charge is 2.28. The van der Waals surface area contributed by atoms with E-state index < -0.39 is 0 Å². The van der Waals surface area contributed by atoms with Crippen LogP contribution in [0, 0.1) is 5.92 Å². The first-order chi connectivity index (χ1) is 8.26. The molecule has 0 amide bonds. The Labute approximate surface area is 104 Å². The summed E-state index contributed by atoms with van der Waals surface area (Å²) < 4.78 is 5.71. The van der Waals surface area contributed by atoms with Gasteiger partial charge in [0.15, 0.2) is 0 Å². The van der Waals surface area contributed by atoms with E-state index in [1.807, 2.05) is 0 Å². The Hall–Kier alpha value is -1.02. The van der Waals surface area contributed by atoms with Crippen molar-refractivity contribution in [1.82, 2.24) is 5.32 Å². The smallest absolute Gasteiger partial charge is 0.119 e. The van der Waals surface area contributed by atoms with Gasteiger partial charge in [0.25, 0.3) is 0 Å². The Morgan fingerprint density at radius 3 is 2.88 bits per heavy atom. The van der Waals surface area contributed by atoms with E-state index in [-0.39, 0.29) is 0 Å². The monoisotopic (exact) mass is 233 g/mol. The third kappa shape index (κ3) is 2.63. The second-order valence-electron chi connectivity index (χ2n) is 4.93. The molecule has 1 aromatic rings. The molecule has 0 saturated heterocycles. The summed E-state index contributed by atoms with van der Waals surface area (Å²) in [5.41, 5.74) is 2.92. The van der Waals surface area contributed by atoms with Crippen LogP contribution >= 0.6 is 0 Å². The Bertz CT molecular complexity index is 375. The third-order valence-electron chi connectivity index (χ3n) is 3.46. The predicted molar refractivity (Wildman–Crippen MR) is 71.5 cm³/mol. The predicted octanol–water partition coefficient (Wildman–Crippen LogP) is 3.32. The first-order valence-corrected chi connectivity index (χ1v) is 6.75. The van der Waals surface area contributed by atoms with E-state index in [0.29, 0.717) is 12.0 Å². The largest absolute Gasteiger partial charge is 0.494 e. The van der Waals surface area contributed by atoms with E-state index in [4.69, 9.17) is 4.74 Å². The zero-order valence-electron chi connectivity index (χ0n) is 11.1. The maximum atomic E-state index is 5.71. The summed E-state index contributed by atoms with van der Waals surface area (Å²) in [6.07, 6.45) is 2.24. The molecule has 0 heterocycles. The van der Waals surface area contributed by atoms with Gasteiger partial charge in [0.1, 0.15) is 5.75 Å². The molecule has 2 heteroatoms. The minimum Gasteiger partial charge on any atom is -0.494 e. The van der Waals surface area contributed by atoms with E-state index in [2.05, 4.69) is 44.3 Å². The Kier molecular flexibility index (Phi) is 4.06. The molecule has 1 aliphatic rings. The van der Waals surface area contributed by atoms with Crippen LogP contribution < -0.4 is 10.1 Å². The van der Waals surface area contributed by atoms with Gasteiger partial charge in [-0.3, -0.25) is 0 Å². The van der Waals surface area contributed by atoms with Gasteiger partial charge in [-0.05, 0) is 48.6 Å². The first-order valence-electron chi connectivity index (χ1n) is 6.75. The summed E-state index contributed by atoms with van der Waals surface area (Å²) in [4.78, 5) is 0. The Morgan fingerprint density at radius 2 is 2.18 bits per heavy atom. The SMILES string of the molecule is CCCOc1ccc2c(c1)C(NCC)C(C)C2. The van der Waals surface area contributed by atoms with Crippen molar-refractivity contribution in [2.45, 2.75) is 39.7 Å². The zero-order chi connectivity index (χ0) is 12.3. The summed E-state index contributed by atoms with van der Waals surface area (Å²) in [7, 11) is 0. The van der Waals surface area contributed by atoms with E-state index >= 15 is 0 Å². The quantitative estimate of drug-likeness (QED) is 0.842. The van der Waals surface area contributed by atoms with Crippen molar-refractivity contribution in [3.05, 3.63) is 29.3 Å². The molecular weight excluding hydrogens is 210 g/mol. The highest BCUT2D eigenvalue weighted by molar-refractivity contribution is 5.41. The molecule has 0 aliphatic heterocycles. The molecule has 0 spiro atoms. The van der Waals surface area contributed by atoms with Crippen LogP contribution in [0.2, 0.25) is 0 Å². The van der Waals surface area contributed by atoms with Gasteiger partial charge in [0.05, 0.1) is 6.61 Å². The average molecular weight is 233 g/mol. The van der Waals surface area contributed by atoms with Crippen molar-refractivity contribution in [3.63, 3.8) is 0 Å². The molecule has 0 saturated carbocycles. The fourth-order valence-corrected chi connectivity index (χ4v) is 2.66. The maximum Gasteiger partial charge on any atom is 0.119 e. The van der Waals surface area contributed by atoms with Crippen LogP contribution in [0.4, 0.5) is 0 Å². The Morgan fingerprint density at radius 1 is 1.35 bits per heavy atom. The van der Waals surface area contributed by atoms with Gasteiger partial charge in [-0.2, -0.15) is 0 Å². The van der Waals surface area contributed by atoms with E-state index in [1.165, 1.54) is 17.5 Å². The topological polar surface area (TPSA) is 21.3 Å². The van der Waals surface area contributed by atoms with Gasteiger partial charge in [-0.1, -0.05) is 26.8 Å². The molecule has 2 atom stereocenters. The number of fused-ring (bicyclic) bond motifs is 1. The number of nitrogens with one attached hydrogen (secondary N) is 1. The minimum atomic E-state index is 0.500. The molecule has 2 unspecified atom stereocenters. The maximum absolute atomic E-state index is 5.71. The van der Waals surface area contributed by atoms with Crippen LogP contribution in [0.25, 0.3) is 0 Å². The fraction of sp³-hybridized carbons (Fsp3) is 0.600. The molecule has 94 valence electrons. The van der Waals surface area contributed by atoms with Gasteiger partial charge in [0.2, 0.25) is 0 Å². The molecule has 2 rings (SSSR count). The molecule has 0 bridgehead atoms. The number of rotatable bonds is 5. The minimum absolute atomic E-state index is 0.500. The average Bonchev–Trinajstić information content (AvgIpc) is 2.64. The molecule has 0 fully saturated rings. The van der Waals surface area contributed by atoms with Crippen molar-refractivity contribution < 1.29 is 4.74 Å². The standard InChI is InChI=1S/C15H23NO/c1-4-8-17-13-7-6-12-9-11(3)15(16-5-2)14(12)10-13/h6-7,10-11,15-16H,4-5,8-9H2,1-3H3. The zero-order valence-corrected chi connectivity index (χ0v) is 11.1. The molecule has 0 aromatic heterocycles. The lowest BCUT2D eigenvalue weighted by Crippen LogP contribution is -2.23. The van der Waals surface area contributed by atoms with E-state index in [1.54, 1.807) is 0 Å². The molecule has 1 aliphatic carbocycles. The van der Waals surface area contributed by atoms with E-state index in [0.717, 1.165) is 25.3 Å². The van der Waals surface area contributed by atoms with Crippen LogP contribution in [-0.4, -0.2) is 13.2 Å². The number of ether oxygens (including phenoxy) is 1. The van der Waals surface area contributed by atoms with Crippen LogP contribution in [0.5, 0.6) is 5.75 Å². The number of hydrogen-bond acceptors (Lipinski definition) is 2. The normalized spacial score (nSPS) is 22.5. The fourth-order valence-electron chi connectivity index (χ4n) is 2.66. The van der Waals surface area contributed by atoms with Crippen LogP contribution in [0.15, 0.2) is 18.2 Å². The first kappa shape index (κ1) is 12.4. The number of benzene rings is 1. The van der Waals surface area contributed by atoms with E-state index in [9.17, 15) is 0 Å². The lowest BCUT2D eigenvalue weighted by molar-refractivity contribution is 0.316. The molecule has 0 radical (unpaired) electrons. The summed E-state index contributed by atoms with van der Waals surface area (Å²) >= 11 is 0. The van der Waals surface area contributed by atoms with Crippen molar-refractivity contribution in [3.8, 4) is 5.75 Å². The van der Waals surface area contributed by atoms with Crippen molar-refractivity contribution in [2.24, 2.45) is 5.92 Å². The lowest BCUT2D eigenvalue weighted by Gasteiger charge is -2.18. The van der Waals surface area contributed by atoms with Crippen LogP contribution in [0.1, 0.15) is 44.4 Å². The summed E-state index contributed by atoms with van der Waals surface area (Å²) in [6, 6.07) is 7.06. The molecule has 2 nitrogen and oxygen atoms in total. The number of hydrogen-bond donors (Lipinski definition) is 1. The second kappa shape index (κ2) is 5.54. The van der Waals surface area contributed by atoms with Crippen LogP contribution in [-0.2, 0) is 6.42 Å². The van der Waals surface area contributed by atoms with Crippen LogP contribution in [0.3, 0.4) is 0 Å². The Balaban J connectivity index is 2.19. The van der Waals surface area contributed by atoms with Gasteiger partial charge < -0.3 is 10.1 Å². The van der Waals surface area contributed by atoms with Gasteiger partial charge in [0, 0.05) is 6.04 Å². The lowest BCUT2D eigenvalue weighted by atomic mass is 10.0. The molecule has 1 N–H and O–H groups in total. The summed E-state index contributed by atoms with van der Waals surface area (Å²) in [5, 5.41) is 3.58. The van der Waals surface area contributed by atoms with Gasteiger partial charge in [-0.25, -0.2) is 0 Å². The van der Waals surface area contributed by atoms with Crippen molar-refractivity contribution >= 4 is 0 Å². The third-order valence-corrected chi connectivity index (χ3v) is 3.46.